The second kappa shape index (κ2) is 8.17. The molecule has 1 aliphatic rings. The van der Waals surface area contributed by atoms with Crippen molar-refractivity contribution in [1.82, 2.24) is 14.9 Å². The molecule has 2 heterocycles. The van der Waals surface area contributed by atoms with Gasteiger partial charge in [0.1, 0.15) is 23.5 Å². The Labute approximate surface area is 162 Å². The first-order chi connectivity index (χ1) is 13.2. The maximum Gasteiger partial charge on any atom is 0.149 e. The minimum atomic E-state index is -0.350. The molecule has 0 saturated carbocycles. The Hall–Kier alpha value is -2.28. The number of hydrogen-bond acceptors (Lipinski definition) is 5. The molecule has 0 bridgehead atoms. The zero-order valence-electron chi connectivity index (χ0n) is 14.7. The third kappa shape index (κ3) is 4.03. The molecule has 0 aliphatic carbocycles. The van der Waals surface area contributed by atoms with Crippen molar-refractivity contribution in [3.05, 3.63) is 65.2 Å². The lowest BCUT2D eigenvalue weighted by Crippen LogP contribution is -2.41. The molecule has 1 saturated heterocycles. The minimum absolute atomic E-state index is 0.103. The van der Waals surface area contributed by atoms with Gasteiger partial charge in [-0.2, -0.15) is 0 Å². The van der Waals surface area contributed by atoms with E-state index in [4.69, 9.17) is 16.3 Å². The molecule has 7 heteroatoms. The predicted octanol–water partition coefficient (Wildman–Crippen LogP) is 3.91. The fraction of sp³-hybridized carbons (Fsp3) is 0.300. The van der Waals surface area contributed by atoms with Gasteiger partial charge in [-0.25, -0.2) is 14.4 Å². The van der Waals surface area contributed by atoms with Gasteiger partial charge in [-0.05, 0) is 29.8 Å². The molecule has 4 rings (SSSR count). The lowest BCUT2D eigenvalue weighted by Gasteiger charge is -2.35. The summed E-state index contributed by atoms with van der Waals surface area (Å²) in [5.74, 6) is 0.275. The molecule has 1 unspecified atom stereocenters. The summed E-state index contributed by atoms with van der Waals surface area (Å²) in [6.07, 6.45) is 1.39. The first-order valence-corrected chi connectivity index (χ1v) is 9.30. The van der Waals surface area contributed by atoms with Crippen LogP contribution in [0.1, 0.15) is 11.6 Å². The summed E-state index contributed by atoms with van der Waals surface area (Å²) in [5.41, 5.74) is 1.45. The number of benzene rings is 2. The first kappa shape index (κ1) is 18.1. The maximum absolute atomic E-state index is 14.0. The summed E-state index contributed by atoms with van der Waals surface area (Å²) in [5, 5.41) is 4.77. The smallest absolute Gasteiger partial charge is 0.149 e. The number of nitrogens with one attached hydrogen (secondary N) is 1. The number of aromatic nitrogens is 2. The SMILES string of the molecule is Fc1cccc2c(NCC(c3cccc(Cl)c3)N3CCOCC3)ncnc12. The first-order valence-electron chi connectivity index (χ1n) is 8.93. The number of nitrogens with zero attached hydrogens (tertiary/aromatic N) is 3. The normalized spacial score (nSPS) is 16.4. The molecule has 1 aromatic heterocycles. The second-order valence-corrected chi connectivity index (χ2v) is 6.89. The van der Waals surface area contributed by atoms with Gasteiger partial charge in [-0.1, -0.05) is 29.8 Å². The van der Waals surface area contributed by atoms with Gasteiger partial charge < -0.3 is 10.1 Å². The Morgan fingerprint density at radius 1 is 1.15 bits per heavy atom. The standard InChI is InChI=1S/C20H20ClFN4O/c21-15-4-1-3-14(11-15)18(26-7-9-27-10-8-26)12-23-20-16-5-2-6-17(22)19(16)24-13-25-20/h1-6,11,13,18H,7-10,12H2,(H,23,24,25). The van der Waals surface area contributed by atoms with Gasteiger partial charge in [0.15, 0.2) is 0 Å². The molecule has 0 spiro atoms. The van der Waals surface area contributed by atoms with Crippen molar-refractivity contribution in [2.45, 2.75) is 6.04 Å². The van der Waals surface area contributed by atoms with Gasteiger partial charge in [0.25, 0.3) is 0 Å². The van der Waals surface area contributed by atoms with Crippen molar-refractivity contribution in [2.24, 2.45) is 0 Å². The van der Waals surface area contributed by atoms with Crippen LogP contribution in [0.15, 0.2) is 48.8 Å². The van der Waals surface area contributed by atoms with Crippen molar-refractivity contribution < 1.29 is 9.13 Å². The number of morpholine rings is 1. The topological polar surface area (TPSA) is 50.3 Å². The van der Waals surface area contributed by atoms with Crippen LogP contribution in [0.25, 0.3) is 10.9 Å². The Bertz CT molecular complexity index is 933. The number of hydrogen-bond donors (Lipinski definition) is 1. The number of rotatable bonds is 5. The second-order valence-electron chi connectivity index (χ2n) is 6.46. The van der Waals surface area contributed by atoms with Crippen molar-refractivity contribution in [1.29, 1.82) is 0 Å². The average Bonchev–Trinajstić information content (AvgIpc) is 2.70. The average molecular weight is 387 g/mol. The van der Waals surface area contributed by atoms with Crippen molar-refractivity contribution >= 4 is 28.3 Å². The number of halogens is 2. The summed E-state index contributed by atoms with van der Waals surface area (Å²) in [6, 6.07) is 12.9. The molecule has 0 amide bonds. The predicted molar refractivity (Wildman–Crippen MR) is 105 cm³/mol. The Morgan fingerprint density at radius 3 is 2.78 bits per heavy atom. The molecule has 5 nitrogen and oxygen atoms in total. The Balaban J connectivity index is 1.61. The molecular weight excluding hydrogens is 367 g/mol. The van der Waals surface area contributed by atoms with Gasteiger partial charge in [0.05, 0.1) is 19.3 Å². The molecule has 1 atom stereocenters. The third-order valence-corrected chi connectivity index (χ3v) is 5.03. The van der Waals surface area contributed by atoms with E-state index in [0.717, 1.165) is 18.7 Å². The van der Waals surface area contributed by atoms with Crippen LogP contribution in [-0.4, -0.2) is 47.7 Å². The molecule has 1 N–H and O–H groups in total. The van der Waals surface area contributed by atoms with E-state index in [-0.39, 0.29) is 11.9 Å². The zero-order chi connectivity index (χ0) is 18.6. The minimum Gasteiger partial charge on any atom is -0.379 e. The molecule has 140 valence electrons. The zero-order valence-corrected chi connectivity index (χ0v) is 15.5. The van der Waals surface area contributed by atoms with Crippen molar-refractivity contribution in [2.75, 3.05) is 38.2 Å². The van der Waals surface area contributed by atoms with Crippen molar-refractivity contribution in [3.63, 3.8) is 0 Å². The van der Waals surface area contributed by atoms with E-state index in [1.165, 1.54) is 12.4 Å². The Morgan fingerprint density at radius 2 is 1.96 bits per heavy atom. The lowest BCUT2D eigenvalue weighted by atomic mass is 10.0. The van der Waals surface area contributed by atoms with Crippen LogP contribution >= 0.6 is 11.6 Å². The molecule has 27 heavy (non-hydrogen) atoms. The molecule has 0 radical (unpaired) electrons. The molecule has 1 aliphatic heterocycles. The lowest BCUT2D eigenvalue weighted by molar-refractivity contribution is 0.0187. The van der Waals surface area contributed by atoms with Gasteiger partial charge in [0.2, 0.25) is 0 Å². The summed E-state index contributed by atoms with van der Waals surface area (Å²) < 4.78 is 19.5. The van der Waals surface area contributed by atoms with Crippen molar-refractivity contribution in [3.8, 4) is 0 Å². The van der Waals surface area contributed by atoms with Gasteiger partial charge in [0, 0.05) is 30.0 Å². The monoisotopic (exact) mass is 386 g/mol. The van der Waals surface area contributed by atoms with E-state index < -0.39 is 0 Å². The highest BCUT2D eigenvalue weighted by Gasteiger charge is 2.23. The van der Waals surface area contributed by atoms with E-state index in [2.05, 4.69) is 26.3 Å². The highest BCUT2D eigenvalue weighted by Crippen LogP contribution is 2.27. The summed E-state index contributed by atoms with van der Waals surface area (Å²) in [6.45, 7) is 3.72. The summed E-state index contributed by atoms with van der Waals surface area (Å²) in [4.78, 5) is 10.7. The highest BCUT2D eigenvalue weighted by molar-refractivity contribution is 6.30. The largest absolute Gasteiger partial charge is 0.379 e. The molecule has 3 aromatic rings. The van der Waals surface area contributed by atoms with Crippen LogP contribution in [0.3, 0.4) is 0 Å². The number of ether oxygens (including phenoxy) is 1. The van der Waals surface area contributed by atoms with Gasteiger partial charge in [-0.3, -0.25) is 4.90 Å². The van der Waals surface area contributed by atoms with E-state index in [1.54, 1.807) is 6.07 Å². The van der Waals surface area contributed by atoms with Crippen LogP contribution in [-0.2, 0) is 4.74 Å². The third-order valence-electron chi connectivity index (χ3n) is 4.80. The Kier molecular flexibility index (Phi) is 5.48. The van der Waals surface area contributed by atoms with E-state index in [9.17, 15) is 4.39 Å². The molecular formula is C20H20ClFN4O. The fourth-order valence-electron chi connectivity index (χ4n) is 3.45. The van der Waals surface area contributed by atoms with E-state index in [0.29, 0.717) is 41.5 Å². The van der Waals surface area contributed by atoms with E-state index >= 15 is 0 Å². The van der Waals surface area contributed by atoms with Gasteiger partial charge in [-0.15, -0.1) is 0 Å². The van der Waals surface area contributed by atoms with E-state index in [1.807, 2.05) is 24.3 Å². The number of anilines is 1. The van der Waals surface area contributed by atoms with Crippen LogP contribution in [0.2, 0.25) is 5.02 Å². The van der Waals surface area contributed by atoms with Gasteiger partial charge >= 0.3 is 0 Å². The number of fused-ring (bicyclic) bond motifs is 1. The molecule has 1 fully saturated rings. The fourth-order valence-corrected chi connectivity index (χ4v) is 3.65. The highest BCUT2D eigenvalue weighted by atomic mass is 35.5. The quantitative estimate of drug-likeness (QED) is 0.720. The summed E-state index contributed by atoms with van der Waals surface area (Å²) in [7, 11) is 0. The summed E-state index contributed by atoms with van der Waals surface area (Å²) >= 11 is 6.21. The van der Waals surface area contributed by atoms with Crippen LogP contribution in [0.5, 0.6) is 0 Å². The maximum atomic E-state index is 14.0. The van der Waals surface area contributed by atoms with Crippen LogP contribution in [0, 0.1) is 5.82 Å². The number of para-hydroxylation sites is 1. The van der Waals surface area contributed by atoms with Crippen LogP contribution < -0.4 is 5.32 Å². The van der Waals surface area contributed by atoms with Crippen LogP contribution in [0.4, 0.5) is 10.2 Å². The molecule has 2 aromatic carbocycles.